The third-order valence-electron chi connectivity index (χ3n) is 6.10. The first-order valence-electron chi connectivity index (χ1n) is 11.9. The van der Waals surface area contributed by atoms with Gasteiger partial charge in [0.2, 0.25) is 12.7 Å². The number of hydrogen-bond donors (Lipinski definition) is 1. The minimum Gasteiger partial charge on any atom is -0.454 e. The number of benzene rings is 3. The summed E-state index contributed by atoms with van der Waals surface area (Å²) in [4.78, 5) is 32.5. The number of anilines is 2. The molecule has 37 heavy (non-hydrogen) atoms. The molecule has 0 spiro atoms. The van der Waals surface area contributed by atoms with Crippen LogP contribution < -0.4 is 19.7 Å². The van der Waals surface area contributed by atoms with E-state index < -0.39 is 0 Å². The summed E-state index contributed by atoms with van der Waals surface area (Å²) in [5.41, 5.74) is 6.83. The first-order valence-corrected chi connectivity index (χ1v) is 12.9. The van der Waals surface area contributed by atoms with E-state index in [2.05, 4.69) is 10.3 Å². The minimum absolute atomic E-state index is 0.110. The molecule has 0 saturated heterocycles. The van der Waals surface area contributed by atoms with Crippen LogP contribution in [-0.2, 0) is 9.59 Å². The van der Waals surface area contributed by atoms with Gasteiger partial charge in [-0.2, -0.15) is 0 Å². The van der Waals surface area contributed by atoms with Gasteiger partial charge in [0, 0.05) is 5.69 Å². The van der Waals surface area contributed by atoms with Crippen molar-refractivity contribution in [3.8, 4) is 11.5 Å². The number of aliphatic imine (C=N–C) groups is 1. The number of amidine groups is 1. The Bertz CT molecular complexity index is 1440. The average molecular weight is 514 g/mol. The highest BCUT2D eigenvalue weighted by atomic mass is 32.2. The standard InChI is InChI=1S/C29H27N3O4S/c1-17-5-8-22(9-6-17)32-28(34)23(13-21-7-10-24-25(14-21)36-16-35-24)30-29(32)37-15-26(33)31-27-19(3)11-18(2)12-20(27)4/h5-14H,15-16H2,1-4H3,(H,31,33)/b23-13-. The zero-order chi connectivity index (χ0) is 26.1. The molecule has 2 amide bonds. The van der Waals surface area contributed by atoms with Gasteiger partial charge in [-0.3, -0.25) is 14.5 Å². The summed E-state index contributed by atoms with van der Waals surface area (Å²) in [6, 6.07) is 17.2. The molecule has 3 aromatic carbocycles. The molecule has 0 radical (unpaired) electrons. The summed E-state index contributed by atoms with van der Waals surface area (Å²) in [6.45, 7) is 8.16. The van der Waals surface area contributed by atoms with Crippen LogP contribution in [-0.4, -0.2) is 29.5 Å². The van der Waals surface area contributed by atoms with Gasteiger partial charge in [0.1, 0.15) is 5.70 Å². The predicted molar refractivity (Wildman–Crippen MR) is 148 cm³/mol. The van der Waals surface area contributed by atoms with Crippen LogP contribution >= 0.6 is 11.8 Å². The Balaban J connectivity index is 1.39. The number of rotatable bonds is 5. The van der Waals surface area contributed by atoms with Crippen molar-refractivity contribution in [2.45, 2.75) is 27.7 Å². The Morgan fingerprint density at radius 3 is 2.41 bits per heavy atom. The second-order valence-electron chi connectivity index (χ2n) is 9.12. The van der Waals surface area contributed by atoms with Crippen LogP contribution in [0.25, 0.3) is 6.08 Å². The number of carbonyl (C=O) groups is 2. The van der Waals surface area contributed by atoms with Crippen molar-refractivity contribution in [3.63, 3.8) is 0 Å². The maximum Gasteiger partial charge on any atom is 0.283 e. The number of nitrogens with zero attached hydrogens (tertiary/aromatic N) is 2. The largest absolute Gasteiger partial charge is 0.454 e. The van der Waals surface area contributed by atoms with E-state index in [1.165, 1.54) is 11.8 Å². The van der Waals surface area contributed by atoms with Crippen LogP contribution in [0.15, 0.2) is 65.3 Å². The third kappa shape index (κ3) is 5.24. The van der Waals surface area contributed by atoms with Gasteiger partial charge in [-0.15, -0.1) is 0 Å². The highest BCUT2D eigenvalue weighted by Crippen LogP contribution is 2.35. The number of ether oxygens (including phenoxy) is 2. The van der Waals surface area contributed by atoms with Crippen molar-refractivity contribution >= 4 is 46.2 Å². The van der Waals surface area contributed by atoms with Gasteiger partial charge in [-0.05, 0) is 74.7 Å². The lowest BCUT2D eigenvalue weighted by Crippen LogP contribution is -2.31. The predicted octanol–water partition coefficient (Wildman–Crippen LogP) is 5.76. The SMILES string of the molecule is Cc1ccc(N2C(=O)/C(=C/c3ccc4c(c3)OCO4)N=C2SCC(=O)Nc2c(C)cc(C)cc2C)cc1. The van der Waals surface area contributed by atoms with Gasteiger partial charge < -0.3 is 14.8 Å². The number of nitrogens with one attached hydrogen (secondary N) is 1. The Morgan fingerprint density at radius 1 is 0.973 bits per heavy atom. The first-order chi connectivity index (χ1) is 17.8. The highest BCUT2D eigenvalue weighted by molar-refractivity contribution is 8.14. The molecule has 0 fully saturated rings. The van der Waals surface area contributed by atoms with Crippen molar-refractivity contribution in [1.82, 2.24) is 0 Å². The van der Waals surface area contributed by atoms with Crippen molar-refractivity contribution < 1.29 is 19.1 Å². The molecule has 5 rings (SSSR count). The molecule has 3 aromatic rings. The molecular formula is C29H27N3O4S. The number of thioether (sulfide) groups is 1. The Morgan fingerprint density at radius 2 is 1.68 bits per heavy atom. The molecule has 188 valence electrons. The van der Waals surface area contributed by atoms with Gasteiger partial charge in [0.15, 0.2) is 16.7 Å². The summed E-state index contributed by atoms with van der Waals surface area (Å²) in [5.74, 6) is 0.999. The maximum absolute atomic E-state index is 13.5. The second kappa shape index (κ2) is 10.1. The molecule has 0 aromatic heterocycles. The van der Waals surface area contributed by atoms with E-state index >= 15 is 0 Å². The molecule has 7 nitrogen and oxygen atoms in total. The van der Waals surface area contributed by atoms with E-state index in [9.17, 15) is 9.59 Å². The minimum atomic E-state index is -0.255. The fourth-order valence-electron chi connectivity index (χ4n) is 4.36. The summed E-state index contributed by atoms with van der Waals surface area (Å²) < 4.78 is 10.8. The lowest BCUT2D eigenvalue weighted by molar-refractivity contribution is -0.114. The van der Waals surface area contributed by atoms with E-state index in [0.717, 1.165) is 33.5 Å². The van der Waals surface area contributed by atoms with Crippen LogP contribution in [0.1, 0.15) is 27.8 Å². The normalized spacial score (nSPS) is 15.4. The van der Waals surface area contributed by atoms with E-state index in [-0.39, 0.29) is 30.1 Å². The average Bonchev–Trinajstić information content (AvgIpc) is 3.44. The van der Waals surface area contributed by atoms with Gasteiger partial charge in [-0.25, -0.2) is 4.99 Å². The highest BCUT2D eigenvalue weighted by Gasteiger charge is 2.32. The molecule has 0 atom stereocenters. The van der Waals surface area contributed by atoms with Crippen molar-refractivity contribution in [1.29, 1.82) is 0 Å². The van der Waals surface area contributed by atoms with E-state index in [0.29, 0.717) is 22.4 Å². The van der Waals surface area contributed by atoms with E-state index in [1.54, 1.807) is 11.0 Å². The fraction of sp³-hybridized carbons (Fsp3) is 0.207. The molecule has 0 unspecified atom stereocenters. The fourth-order valence-corrected chi connectivity index (χ4v) is 5.17. The zero-order valence-electron chi connectivity index (χ0n) is 21.1. The summed E-state index contributed by atoms with van der Waals surface area (Å²) in [5, 5.41) is 3.47. The van der Waals surface area contributed by atoms with Gasteiger partial charge in [0.05, 0.1) is 11.4 Å². The number of carbonyl (C=O) groups excluding carboxylic acids is 2. The summed E-state index contributed by atoms with van der Waals surface area (Å²) in [6.07, 6.45) is 1.72. The topological polar surface area (TPSA) is 80.2 Å². The van der Waals surface area contributed by atoms with Gasteiger partial charge >= 0.3 is 0 Å². The zero-order valence-corrected chi connectivity index (χ0v) is 21.9. The third-order valence-corrected chi connectivity index (χ3v) is 7.03. The van der Waals surface area contributed by atoms with Crippen LogP contribution in [0.4, 0.5) is 11.4 Å². The van der Waals surface area contributed by atoms with Crippen LogP contribution in [0, 0.1) is 27.7 Å². The Labute approximate surface area is 220 Å². The molecule has 2 heterocycles. The first kappa shape index (κ1) is 24.6. The number of hydrogen-bond acceptors (Lipinski definition) is 6. The van der Waals surface area contributed by atoms with Crippen molar-refractivity contribution in [3.05, 3.63) is 88.1 Å². The molecule has 0 bridgehead atoms. The van der Waals surface area contributed by atoms with Gasteiger partial charge in [-0.1, -0.05) is 53.2 Å². The Kier molecular flexibility index (Phi) is 6.76. The van der Waals surface area contributed by atoms with Gasteiger partial charge in [0.25, 0.3) is 5.91 Å². The molecular weight excluding hydrogens is 486 g/mol. The van der Waals surface area contributed by atoms with Crippen molar-refractivity contribution in [2.75, 3.05) is 22.8 Å². The van der Waals surface area contributed by atoms with Crippen LogP contribution in [0.3, 0.4) is 0 Å². The maximum atomic E-state index is 13.5. The lowest BCUT2D eigenvalue weighted by Gasteiger charge is -2.18. The molecule has 2 aliphatic rings. The van der Waals surface area contributed by atoms with Crippen LogP contribution in [0.5, 0.6) is 11.5 Å². The Hall–Kier alpha value is -4.04. The van der Waals surface area contributed by atoms with E-state index in [4.69, 9.17) is 9.47 Å². The lowest BCUT2D eigenvalue weighted by atomic mass is 10.1. The molecule has 2 aliphatic heterocycles. The molecule has 8 heteroatoms. The monoisotopic (exact) mass is 513 g/mol. The summed E-state index contributed by atoms with van der Waals surface area (Å²) in [7, 11) is 0. The quantitative estimate of drug-likeness (QED) is 0.439. The number of amides is 2. The van der Waals surface area contributed by atoms with E-state index in [1.807, 2.05) is 82.3 Å². The van der Waals surface area contributed by atoms with Crippen molar-refractivity contribution in [2.24, 2.45) is 4.99 Å². The van der Waals surface area contributed by atoms with Crippen LogP contribution in [0.2, 0.25) is 0 Å². The summed E-state index contributed by atoms with van der Waals surface area (Å²) >= 11 is 1.23. The molecule has 0 aliphatic carbocycles. The smallest absolute Gasteiger partial charge is 0.283 e. The second-order valence-corrected chi connectivity index (χ2v) is 10.1. The number of fused-ring (bicyclic) bond motifs is 1. The molecule has 0 saturated carbocycles. The number of aryl methyl sites for hydroxylation is 4. The molecule has 1 N–H and O–H groups in total.